The number of aryl methyl sites for hydroxylation is 1. The summed E-state index contributed by atoms with van der Waals surface area (Å²) in [5.74, 6) is 0.754. The van der Waals surface area contributed by atoms with Crippen LogP contribution in [0.4, 0.5) is 0 Å². The normalized spacial score (nSPS) is 12.0. The lowest BCUT2D eigenvalue weighted by molar-refractivity contribution is 0.343. The van der Waals surface area contributed by atoms with Gasteiger partial charge in [0.15, 0.2) is 0 Å². The highest BCUT2D eigenvalue weighted by atomic mass is 32.1. The Kier molecular flexibility index (Phi) is 2.91. The van der Waals surface area contributed by atoms with Crippen LogP contribution >= 0.6 is 12.6 Å². The van der Waals surface area contributed by atoms with Crippen molar-refractivity contribution >= 4 is 12.6 Å². The van der Waals surface area contributed by atoms with E-state index in [1.54, 1.807) is 10.7 Å². The molecule has 0 saturated carbocycles. The minimum atomic E-state index is -0.175. The van der Waals surface area contributed by atoms with Crippen LogP contribution in [0.5, 0.6) is 0 Å². The average Bonchev–Trinajstić information content (AvgIpc) is 2.30. The van der Waals surface area contributed by atoms with Gasteiger partial charge in [-0.1, -0.05) is 0 Å². The molecule has 0 aliphatic rings. The van der Waals surface area contributed by atoms with Gasteiger partial charge in [0.1, 0.15) is 0 Å². The lowest BCUT2D eigenvalue weighted by Gasteiger charge is -2.19. The second-order valence-corrected chi connectivity index (χ2v) is 4.55. The zero-order valence-electron chi connectivity index (χ0n) is 8.29. The smallest absolute Gasteiger partial charge is 0.267 e. The summed E-state index contributed by atoms with van der Waals surface area (Å²) in [6.45, 7) is 5.99. The average molecular weight is 200 g/mol. The molecule has 0 aromatic carbocycles. The highest BCUT2D eigenvalue weighted by molar-refractivity contribution is 7.80. The van der Waals surface area contributed by atoms with Gasteiger partial charge in [0.2, 0.25) is 0 Å². The van der Waals surface area contributed by atoms with E-state index >= 15 is 0 Å². The van der Waals surface area contributed by atoms with E-state index in [-0.39, 0.29) is 11.1 Å². The first-order chi connectivity index (χ1) is 5.95. The van der Waals surface area contributed by atoms with E-state index in [4.69, 9.17) is 0 Å². The minimum Gasteiger partial charge on any atom is -0.299 e. The molecule has 0 saturated heterocycles. The first-order valence-electron chi connectivity index (χ1n) is 4.37. The van der Waals surface area contributed by atoms with Crippen LogP contribution in [-0.4, -0.2) is 15.5 Å². The fourth-order valence-electron chi connectivity index (χ4n) is 1.19. The summed E-state index contributed by atoms with van der Waals surface area (Å²) in [5.41, 5.74) is 0.811. The molecular formula is C9H16N2OS. The van der Waals surface area contributed by atoms with Gasteiger partial charge in [-0.3, -0.25) is 9.89 Å². The third kappa shape index (κ3) is 2.40. The first kappa shape index (κ1) is 10.4. The molecule has 0 bridgehead atoms. The van der Waals surface area contributed by atoms with Crippen LogP contribution in [0.2, 0.25) is 0 Å². The largest absolute Gasteiger partial charge is 0.299 e. The Bertz CT molecular complexity index is 332. The molecule has 1 rings (SSSR count). The van der Waals surface area contributed by atoms with E-state index in [0.29, 0.717) is 0 Å². The van der Waals surface area contributed by atoms with E-state index in [0.717, 1.165) is 17.9 Å². The molecule has 0 radical (unpaired) electrons. The molecule has 0 spiro atoms. The van der Waals surface area contributed by atoms with E-state index in [2.05, 4.69) is 17.7 Å². The number of thiol groups is 1. The maximum Gasteiger partial charge on any atom is 0.267 e. The molecule has 0 atom stereocenters. The Labute approximate surface area is 83.5 Å². The molecule has 0 aliphatic carbocycles. The fraction of sp³-hybridized carbons (Fsp3) is 0.667. The number of H-pyrrole nitrogens is 1. The van der Waals surface area contributed by atoms with Crippen LogP contribution in [0.1, 0.15) is 26.5 Å². The number of nitrogens with one attached hydrogen (secondary N) is 1. The minimum absolute atomic E-state index is 0.0317. The second kappa shape index (κ2) is 3.62. The van der Waals surface area contributed by atoms with Gasteiger partial charge in [0, 0.05) is 11.8 Å². The van der Waals surface area contributed by atoms with Gasteiger partial charge in [-0.15, -0.1) is 0 Å². The monoisotopic (exact) mass is 200 g/mol. The molecule has 1 aromatic rings. The zero-order valence-corrected chi connectivity index (χ0v) is 9.19. The molecule has 0 aliphatic heterocycles. The van der Waals surface area contributed by atoms with Crippen molar-refractivity contribution in [3.63, 3.8) is 0 Å². The molecule has 0 amide bonds. The van der Waals surface area contributed by atoms with Crippen molar-refractivity contribution in [3.8, 4) is 0 Å². The fourth-order valence-corrected chi connectivity index (χ4v) is 1.43. The standard InChI is InChI=1S/C9H16N2OS/c1-9(2,3)11-8(12)6-7(10-11)4-5-13/h6,10,13H,4-5H2,1-3H3. The summed E-state index contributed by atoms with van der Waals surface area (Å²) in [4.78, 5) is 11.5. The summed E-state index contributed by atoms with van der Waals surface area (Å²) in [6.07, 6.45) is 0.807. The Morgan fingerprint density at radius 3 is 2.54 bits per heavy atom. The molecule has 1 N–H and O–H groups in total. The van der Waals surface area contributed by atoms with Gasteiger partial charge in [-0.25, -0.2) is 4.68 Å². The highest BCUT2D eigenvalue weighted by Crippen LogP contribution is 2.09. The predicted octanol–water partition coefficient (Wildman–Crippen LogP) is 1.40. The van der Waals surface area contributed by atoms with E-state index < -0.39 is 0 Å². The van der Waals surface area contributed by atoms with Crippen molar-refractivity contribution in [1.29, 1.82) is 0 Å². The van der Waals surface area contributed by atoms with E-state index in [1.165, 1.54) is 0 Å². The van der Waals surface area contributed by atoms with Crippen molar-refractivity contribution in [2.24, 2.45) is 0 Å². The summed E-state index contributed by atoms with van der Waals surface area (Å²) >= 11 is 4.12. The van der Waals surface area contributed by atoms with Gasteiger partial charge in [0.25, 0.3) is 5.56 Å². The SMILES string of the molecule is CC(C)(C)n1[nH]c(CCS)cc1=O. The molecule has 0 fully saturated rings. The van der Waals surface area contributed by atoms with Crippen LogP contribution in [0.15, 0.2) is 10.9 Å². The maximum atomic E-state index is 11.5. The van der Waals surface area contributed by atoms with Crippen molar-refractivity contribution in [2.75, 3.05) is 5.75 Å². The Morgan fingerprint density at radius 1 is 1.54 bits per heavy atom. The second-order valence-electron chi connectivity index (χ2n) is 4.10. The van der Waals surface area contributed by atoms with Crippen LogP contribution in [0, 0.1) is 0 Å². The van der Waals surface area contributed by atoms with E-state index in [1.807, 2.05) is 20.8 Å². The number of aromatic amines is 1. The van der Waals surface area contributed by atoms with Crippen molar-refractivity contribution in [2.45, 2.75) is 32.7 Å². The number of hydrogen-bond acceptors (Lipinski definition) is 2. The number of nitrogens with zero attached hydrogens (tertiary/aromatic N) is 1. The van der Waals surface area contributed by atoms with Gasteiger partial charge in [0.05, 0.1) is 5.54 Å². The summed E-state index contributed by atoms with van der Waals surface area (Å²) in [6, 6.07) is 1.64. The first-order valence-corrected chi connectivity index (χ1v) is 5.00. The van der Waals surface area contributed by atoms with Crippen molar-refractivity contribution < 1.29 is 0 Å². The van der Waals surface area contributed by atoms with Crippen LogP contribution < -0.4 is 5.56 Å². The molecule has 1 heterocycles. The third-order valence-electron chi connectivity index (χ3n) is 1.83. The van der Waals surface area contributed by atoms with Crippen molar-refractivity contribution in [1.82, 2.24) is 9.78 Å². The Morgan fingerprint density at radius 2 is 2.15 bits per heavy atom. The summed E-state index contributed by atoms with van der Waals surface area (Å²) < 4.78 is 1.64. The molecule has 3 nitrogen and oxygen atoms in total. The van der Waals surface area contributed by atoms with Crippen LogP contribution in [0.25, 0.3) is 0 Å². The predicted molar refractivity (Wildman–Crippen MR) is 57.6 cm³/mol. The number of hydrogen-bond donors (Lipinski definition) is 2. The van der Waals surface area contributed by atoms with Gasteiger partial charge in [-0.05, 0) is 32.9 Å². The van der Waals surface area contributed by atoms with Gasteiger partial charge in [-0.2, -0.15) is 12.6 Å². The molecule has 4 heteroatoms. The molecule has 13 heavy (non-hydrogen) atoms. The van der Waals surface area contributed by atoms with Gasteiger partial charge < -0.3 is 0 Å². The maximum absolute atomic E-state index is 11.5. The summed E-state index contributed by atoms with van der Waals surface area (Å²) in [5, 5.41) is 3.08. The topological polar surface area (TPSA) is 37.8 Å². The Hall–Kier alpha value is -0.640. The quantitative estimate of drug-likeness (QED) is 0.696. The number of aromatic nitrogens is 2. The van der Waals surface area contributed by atoms with Gasteiger partial charge >= 0.3 is 0 Å². The van der Waals surface area contributed by atoms with Crippen molar-refractivity contribution in [3.05, 3.63) is 22.1 Å². The summed E-state index contributed by atoms with van der Waals surface area (Å²) in [7, 11) is 0. The van der Waals surface area contributed by atoms with Crippen LogP contribution in [0.3, 0.4) is 0 Å². The molecular weight excluding hydrogens is 184 g/mol. The highest BCUT2D eigenvalue weighted by Gasteiger charge is 2.16. The zero-order chi connectivity index (χ0) is 10.1. The number of rotatable bonds is 2. The van der Waals surface area contributed by atoms with Crippen LogP contribution in [-0.2, 0) is 12.0 Å². The lowest BCUT2D eigenvalue weighted by atomic mass is 10.1. The van der Waals surface area contributed by atoms with E-state index in [9.17, 15) is 4.79 Å². The molecule has 74 valence electrons. The third-order valence-corrected chi connectivity index (χ3v) is 2.05. The Balaban J connectivity index is 3.04. The lowest BCUT2D eigenvalue weighted by Crippen LogP contribution is -2.32. The molecule has 1 aromatic heterocycles. The molecule has 0 unspecified atom stereocenters.